The fraction of sp³-hybridized carbons (Fsp3) is 0.250. The van der Waals surface area contributed by atoms with Crippen molar-refractivity contribution in [1.29, 1.82) is 0 Å². The van der Waals surface area contributed by atoms with Crippen LogP contribution in [0.1, 0.15) is 16.8 Å². The van der Waals surface area contributed by atoms with E-state index in [2.05, 4.69) is 25.6 Å². The fourth-order valence-electron chi connectivity index (χ4n) is 4.17. The minimum Gasteiger partial charge on any atom is -0.491 e. The maximum atomic E-state index is 14.4. The molecule has 1 aromatic carbocycles. The number of nitrogens with zero attached hydrogens (tertiary/aromatic N) is 4. The van der Waals surface area contributed by atoms with Crippen molar-refractivity contribution in [2.45, 2.75) is 18.5 Å². The highest BCUT2D eigenvalue weighted by Crippen LogP contribution is 2.31. The van der Waals surface area contributed by atoms with Gasteiger partial charge in [0.25, 0.3) is 13.3 Å². The molecule has 3 aromatic rings. The van der Waals surface area contributed by atoms with Gasteiger partial charge in [-0.05, 0) is 30.7 Å². The maximum absolute atomic E-state index is 14.4. The Kier molecular flexibility index (Phi) is 8.49. The molecule has 38 heavy (non-hydrogen) atoms. The lowest BCUT2D eigenvalue weighted by molar-refractivity contribution is -0.144. The lowest BCUT2D eigenvalue weighted by Gasteiger charge is -2.18. The van der Waals surface area contributed by atoms with Crippen molar-refractivity contribution < 1.29 is 28.2 Å². The summed E-state index contributed by atoms with van der Waals surface area (Å²) in [6.07, 6.45) is 5.21. The molecule has 2 aromatic heterocycles. The van der Waals surface area contributed by atoms with Crippen LogP contribution >= 0.6 is 11.6 Å². The first kappa shape index (κ1) is 27.0. The Balaban J connectivity index is 1.58. The number of aromatic nitrogens is 3. The highest BCUT2D eigenvalue weighted by molar-refractivity contribution is 6.64. The van der Waals surface area contributed by atoms with Crippen molar-refractivity contribution in [1.82, 2.24) is 25.1 Å². The summed E-state index contributed by atoms with van der Waals surface area (Å²) in [6.45, 7) is 0.293. The van der Waals surface area contributed by atoms with Gasteiger partial charge in [-0.3, -0.25) is 14.6 Å². The Hall–Kier alpha value is -4.10. The molecule has 2 atom stereocenters. The number of halogens is 2. The van der Waals surface area contributed by atoms with E-state index in [9.17, 15) is 18.8 Å². The minimum atomic E-state index is -0.641. The second-order valence-electron chi connectivity index (χ2n) is 8.35. The first-order chi connectivity index (χ1) is 18.3. The molecular formula is C24H23BClFN6O5. The molecule has 0 radical (unpaired) electrons. The number of hydrogen-bond acceptors (Lipinski definition) is 10. The minimum absolute atomic E-state index is 0.0366. The molecule has 0 saturated carbocycles. The molecule has 0 aliphatic carbocycles. The van der Waals surface area contributed by atoms with Gasteiger partial charge in [-0.1, -0.05) is 11.6 Å². The molecule has 0 bridgehead atoms. The summed E-state index contributed by atoms with van der Waals surface area (Å²) in [5.41, 5.74) is 0.628. The zero-order chi connectivity index (χ0) is 27.2. The maximum Gasteiger partial charge on any atom is 0.322 e. The van der Waals surface area contributed by atoms with Crippen molar-refractivity contribution in [3.05, 3.63) is 59.3 Å². The molecular weight excluding hydrogens is 518 g/mol. The summed E-state index contributed by atoms with van der Waals surface area (Å²) in [7, 11) is 2.73. The third kappa shape index (κ3) is 5.89. The number of methoxy groups -OCH3 is 2. The van der Waals surface area contributed by atoms with E-state index in [0.29, 0.717) is 23.4 Å². The van der Waals surface area contributed by atoms with Crippen molar-refractivity contribution in [3.63, 3.8) is 0 Å². The lowest BCUT2D eigenvalue weighted by Crippen LogP contribution is -2.41. The predicted octanol–water partition coefficient (Wildman–Crippen LogP) is 1.97. The van der Waals surface area contributed by atoms with Crippen LogP contribution in [0.2, 0.25) is 5.02 Å². The average Bonchev–Trinajstić information content (AvgIpc) is 3.32. The van der Waals surface area contributed by atoms with Crippen LogP contribution in [0.15, 0.2) is 42.9 Å². The molecule has 196 valence electrons. The fourth-order valence-corrected chi connectivity index (χ4v) is 4.34. The van der Waals surface area contributed by atoms with E-state index in [4.69, 9.17) is 21.1 Å². The number of anilines is 2. The molecule has 1 aliphatic heterocycles. The van der Waals surface area contributed by atoms with Crippen molar-refractivity contribution >= 4 is 48.6 Å². The highest BCUT2D eigenvalue weighted by Gasteiger charge is 2.38. The van der Waals surface area contributed by atoms with Crippen LogP contribution in [0.3, 0.4) is 0 Å². The standard InChI is InChI=1S/C24H23BClFN6O5/c1-37-20-10-29-21(15-7-13(26)3-4-17(15)27)32-22(20)31-18-5-6-28-9-16(18)23(35)30-14-8-19(24(36)38-2)33(11-14)25-12-34/h3-7,9-10,12,14,19,25H,8,11H2,1-2H3,(H,30,35)(H,28,29,31,32)/t14-,19-/m1/s1. The van der Waals surface area contributed by atoms with E-state index in [0.717, 1.165) is 0 Å². The number of ether oxygens (including phenoxy) is 2. The summed E-state index contributed by atoms with van der Waals surface area (Å²) < 4.78 is 24.6. The average molecular weight is 541 g/mol. The molecule has 2 N–H and O–H groups in total. The predicted molar refractivity (Wildman–Crippen MR) is 139 cm³/mol. The van der Waals surface area contributed by atoms with Crippen molar-refractivity contribution in [2.75, 3.05) is 26.1 Å². The quantitative estimate of drug-likeness (QED) is 0.235. The zero-order valence-electron chi connectivity index (χ0n) is 20.5. The Bertz CT molecular complexity index is 1370. The van der Waals surface area contributed by atoms with Gasteiger partial charge in [0.2, 0.25) is 0 Å². The molecule has 1 amide bonds. The molecule has 0 unspecified atom stereocenters. The molecule has 14 heteroatoms. The van der Waals surface area contributed by atoms with E-state index < -0.39 is 29.8 Å². The van der Waals surface area contributed by atoms with Crippen LogP contribution < -0.4 is 15.4 Å². The van der Waals surface area contributed by atoms with Gasteiger partial charge in [-0.15, -0.1) is 0 Å². The Morgan fingerprint density at radius 2 is 2.08 bits per heavy atom. The number of carbonyl (C=O) groups excluding carboxylic acids is 3. The topological polar surface area (TPSA) is 136 Å². The third-order valence-electron chi connectivity index (χ3n) is 5.98. The van der Waals surface area contributed by atoms with Crippen LogP contribution in [0.25, 0.3) is 11.4 Å². The molecule has 11 nitrogen and oxygen atoms in total. The van der Waals surface area contributed by atoms with Gasteiger partial charge >= 0.3 is 5.97 Å². The molecule has 1 saturated heterocycles. The summed E-state index contributed by atoms with van der Waals surface area (Å²) in [4.78, 5) is 50.6. The van der Waals surface area contributed by atoms with Gasteiger partial charge < -0.3 is 29.7 Å². The number of esters is 1. The number of amides is 1. The van der Waals surface area contributed by atoms with E-state index in [1.54, 1.807) is 10.9 Å². The Labute approximate surface area is 223 Å². The normalized spacial score (nSPS) is 16.9. The molecule has 1 aliphatic rings. The van der Waals surface area contributed by atoms with Gasteiger partial charge in [0.1, 0.15) is 11.9 Å². The smallest absolute Gasteiger partial charge is 0.322 e. The molecule has 1 fully saturated rings. The SMILES string of the molecule is COC(=O)[C@H]1C[C@@H](NC(=O)c2cnccc2Nc2nc(-c3cc(Cl)ccc3F)ncc2OC)CN1BC=O. The van der Waals surface area contributed by atoms with Gasteiger partial charge in [0.05, 0.1) is 43.4 Å². The number of hydrogen-bond donors (Lipinski definition) is 2. The second-order valence-corrected chi connectivity index (χ2v) is 8.78. The summed E-state index contributed by atoms with van der Waals surface area (Å²) >= 11 is 6.02. The molecule has 4 rings (SSSR count). The van der Waals surface area contributed by atoms with Crippen LogP contribution in [-0.2, 0) is 14.3 Å². The van der Waals surface area contributed by atoms with Gasteiger partial charge in [0, 0.05) is 30.0 Å². The first-order valence-corrected chi connectivity index (χ1v) is 11.9. The Morgan fingerprint density at radius 1 is 1.26 bits per heavy atom. The van der Waals surface area contributed by atoms with Crippen LogP contribution in [0.5, 0.6) is 5.75 Å². The van der Waals surface area contributed by atoms with E-state index in [1.807, 2.05) is 0 Å². The lowest BCUT2D eigenvalue weighted by atomic mass is 9.93. The second kappa shape index (κ2) is 12.0. The van der Waals surface area contributed by atoms with E-state index in [-0.39, 0.29) is 42.4 Å². The largest absolute Gasteiger partial charge is 0.491 e. The van der Waals surface area contributed by atoms with Gasteiger partial charge in [0.15, 0.2) is 17.4 Å². The van der Waals surface area contributed by atoms with E-state index >= 15 is 0 Å². The Morgan fingerprint density at radius 3 is 2.82 bits per heavy atom. The van der Waals surface area contributed by atoms with Crippen molar-refractivity contribution in [2.24, 2.45) is 0 Å². The number of rotatable bonds is 9. The van der Waals surface area contributed by atoms with Crippen LogP contribution in [0, 0.1) is 5.82 Å². The zero-order valence-corrected chi connectivity index (χ0v) is 21.2. The summed E-state index contributed by atoms with van der Waals surface area (Å²) in [6, 6.07) is 4.56. The third-order valence-corrected chi connectivity index (χ3v) is 6.22. The van der Waals surface area contributed by atoms with Crippen LogP contribution in [-0.4, -0.2) is 78.1 Å². The highest BCUT2D eigenvalue weighted by atomic mass is 35.5. The summed E-state index contributed by atoms with van der Waals surface area (Å²) in [5.74, 6) is -1.00. The van der Waals surface area contributed by atoms with Crippen LogP contribution in [0.4, 0.5) is 15.9 Å². The monoisotopic (exact) mass is 540 g/mol. The van der Waals surface area contributed by atoms with E-state index in [1.165, 1.54) is 51.0 Å². The number of pyridine rings is 1. The molecule has 0 spiro atoms. The number of nitrogens with one attached hydrogen (secondary N) is 2. The van der Waals surface area contributed by atoms with Crippen molar-refractivity contribution in [3.8, 4) is 17.1 Å². The number of carbonyl (C=O) groups is 3. The van der Waals surface area contributed by atoms with Gasteiger partial charge in [-0.2, -0.15) is 0 Å². The first-order valence-electron chi connectivity index (χ1n) is 11.5. The summed E-state index contributed by atoms with van der Waals surface area (Å²) in [5, 5.41) is 6.25. The van der Waals surface area contributed by atoms with Gasteiger partial charge in [-0.25, -0.2) is 14.4 Å². The molecule has 3 heterocycles. The number of benzene rings is 1.